The number of hydrogen-bond donors (Lipinski definition) is 2. The fourth-order valence-corrected chi connectivity index (χ4v) is 3.32. The summed E-state index contributed by atoms with van der Waals surface area (Å²) in [5, 5.41) is 3.50. The van der Waals surface area contributed by atoms with E-state index in [0.717, 1.165) is 34.1 Å². The molecule has 1 aromatic carbocycles. The lowest BCUT2D eigenvalue weighted by molar-refractivity contribution is 0.226. The number of aromatic nitrogens is 1. The van der Waals surface area contributed by atoms with E-state index in [0.29, 0.717) is 0 Å². The number of likely N-dealkylation sites (tertiary alicyclic amines) is 1. The summed E-state index contributed by atoms with van der Waals surface area (Å²) >= 11 is 1.63. The zero-order valence-electron chi connectivity index (χ0n) is 11.2. The minimum absolute atomic E-state index is 0.752. The van der Waals surface area contributed by atoms with Crippen LogP contribution in [0.3, 0.4) is 0 Å². The van der Waals surface area contributed by atoms with Gasteiger partial charge >= 0.3 is 0 Å². The number of anilines is 2. The molecular formula is C14H20N4S. The maximum atomic E-state index is 6.17. The van der Waals surface area contributed by atoms with Gasteiger partial charge in [-0.1, -0.05) is 0 Å². The molecule has 19 heavy (non-hydrogen) atoms. The quantitative estimate of drug-likeness (QED) is 0.846. The zero-order chi connectivity index (χ0) is 13.2. The predicted octanol–water partition coefficient (Wildman–Crippen LogP) is 2.63. The molecule has 0 unspecified atom stereocenters. The second-order valence-electron chi connectivity index (χ2n) is 5.35. The van der Waals surface area contributed by atoms with Crippen LogP contribution in [0.1, 0.15) is 12.8 Å². The van der Waals surface area contributed by atoms with Crippen molar-refractivity contribution in [2.45, 2.75) is 12.8 Å². The third-order valence-corrected chi connectivity index (χ3v) is 4.76. The lowest BCUT2D eigenvalue weighted by atomic mass is 9.97. The highest BCUT2D eigenvalue weighted by atomic mass is 32.1. The fraction of sp³-hybridized carbons (Fsp3) is 0.500. The predicted molar refractivity (Wildman–Crippen MR) is 82.7 cm³/mol. The largest absolute Gasteiger partial charge is 0.395 e. The van der Waals surface area contributed by atoms with E-state index in [1.165, 1.54) is 25.9 Å². The van der Waals surface area contributed by atoms with Crippen LogP contribution in [-0.4, -0.2) is 36.6 Å². The van der Waals surface area contributed by atoms with Gasteiger partial charge in [-0.25, -0.2) is 4.98 Å². The summed E-state index contributed by atoms with van der Waals surface area (Å²) < 4.78 is 1.15. The van der Waals surface area contributed by atoms with E-state index in [2.05, 4.69) is 34.4 Å². The summed E-state index contributed by atoms with van der Waals surface area (Å²) in [6.07, 6.45) is 2.53. The van der Waals surface area contributed by atoms with E-state index >= 15 is 0 Å². The third kappa shape index (κ3) is 2.67. The Morgan fingerprint density at radius 2 is 2.21 bits per heavy atom. The Morgan fingerprint density at radius 3 is 3.00 bits per heavy atom. The van der Waals surface area contributed by atoms with Gasteiger partial charge in [0.1, 0.15) is 5.52 Å². The maximum Gasteiger partial charge on any atom is 0.106 e. The van der Waals surface area contributed by atoms with Crippen LogP contribution in [0.25, 0.3) is 10.2 Å². The highest BCUT2D eigenvalue weighted by Crippen LogP contribution is 2.30. The van der Waals surface area contributed by atoms with Crippen LogP contribution in [-0.2, 0) is 0 Å². The van der Waals surface area contributed by atoms with Gasteiger partial charge in [-0.15, -0.1) is 11.3 Å². The van der Waals surface area contributed by atoms with E-state index in [-0.39, 0.29) is 0 Å². The Bertz CT molecular complexity index is 558. The average Bonchev–Trinajstić information content (AvgIpc) is 2.89. The molecule has 102 valence electrons. The average molecular weight is 276 g/mol. The molecule has 1 aliphatic heterocycles. The van der Waals surface area contributed by atoms with Crippen molar-refractivity contribution in [2.75, 3.05) is 37.7 Å². The van der Waals surface area contributed by atoms with Crippen LogP contribution >= 0.6 is 11.3 Å². The number of benzene rings is 1. The smallest absolute Gasteiger partial charge is 0.106 e. The van der Waals surface area contributed by atoms with Crippen LogP contribution in [0, 0.1) is 5.92 Å². The first-order valence-corrected chi connectivity index (χ1v) is 7.66. The number of nitrogens with zero attached hydrogens (tertiary/aromatic N) is 2. The number of thiazole rings is 1. The first-order chi connectivity index (χ1) is 9.24. The number of nitrogens with two attached hydrogens (primary N) is 1. The molecule has 0 saturated carbocycles. The van der Waals surface area contributed by atoms with Crippen LogP contribution in [0.5, 0.6) is 0 Å². The van der Waals surface area contributed by atoms with Gasteiger partial charge in [0.2, 0.25) is 0 Å². The molecule has 0 amide bonds. The number of piperidine rings is 1. The lowest BCUT2D eigenvalue weighted by Crippen LogP contribution is -2.33. The van der Waals surface area contributed by atoms with Crippen molar-refractivity contribution in [2.24, 2.45) is 5.92 Å². The summed E-state index contributed by atoms with van der Waals surface area (Å²) in [7, 11) is 2.19. The SMILES string of the molecule is CN1CCC(CNc2ccc3scnc3c2N)CC1. The number of rotatable bonds is 3. The van der Waals surface area contributed by atoms with Crippen LogP contribution in [0.4, 0.5) is 11.4 Å². The number of hydrogen-bond acceptors (Lipinski definition) is 5. The minimum Gasteiger partial charge on any atom is -0.395 e. The topological polar surface area (TPSA) is 54.2 Å². The van der Waals surface area contributed by atoms with Gasteiger partial charge in [0.15, 0.2) is 0 Å². The summed E-state index contributed by atoms with van der Waals surface area (Å²) in [4.78, 5) is 6.73. The molecule has 2 aromatic rings. The third-order valence-electron chi connectivity index (χ3n) is 3.96. The summed E-state index contributed by atoms with van der Waals surface area (Å²) in [6, 6.07) is 4.17. The second-order valence-corrected chi connectivity index (χ2v) is 6.24. The van der Waals surface area contributed by atoms with Crippen molar-refractivity contribution < 1.29 is 0 Å². The molecule has 0 radical (unpaired) electrons. The molecule has 0 spiro atoms. The second kappa shape index (κ2) is 5.35. The van der Waals surface area contributed by atoms with E-state index < -0.39 is 0 Å². The highest BCUT2D eigenvalue weighted by molar-refractivity contribution is 7.16. The zero-order valence-corrected chi connectivity index (χ0v) is 12.0. The molecule has 1 aliphatic rings. The van der Waals surface area contributed by atoms with Crippen molar-refractivity contribution in [1.82, 2.24) is 9.88 Å². The molecule has 1 fully saturated rings. The monoisotopic (exact) mass is 276 g/mol. The first kappa shape index (κ1) is 12.7. The van der Waals surface area contributed by atoms with Gasteiger partial charge in [-0.05, 0) is 51.0 Å². The normalized spacial score (nSPS) is 17.9. The van der Waals surface area contributed by atoms with Crippen LogP contribution in [0.15, 0.2) is 17.6 Å². The van der Waals surface area contributed by atoms with Crippen molar-refractivity contribution in [1.29, 1.82) is 0 Å². The molecule has 1 saturated heterocycles. The van der Waals surface area contributed by atoms with Crippen molar-refractivity contribution in [3.05, 3.63) is 17.6 Å². The maximum absolute atomic E-state index is 6.17. The standard InChI is InChI=1S/C14H20N4S/c1-18-6-4-10(5-7-18)8-16-11-2-3-12-14(13(11)15)17-9-19-12/h2-3,9-10,16H,4-8,15H2,1H3. The Kier molecular flexibility index (Phi) is 3.57. The van der Waals surface area contributed by atoms with Gasteiger partial charge in [-0.3, -0.25) is 0 Å². The van der Waals surface area contributed by atoms with Crippen molar-refractivity contribution in [3.63, 3.8) is 0 Å². The van der Waals surface area contributed by atoms with E-state index in [4.69, 9.17) is 5.73 Å². The molecule has 5 heteroatoms. The van der Waals surface area contributed by atoms with Gasteiger partial charge in [0.25, 0.3) is 0 Å². The molecule has 3 rings (SSSR count). The first-order valence-electron chi connectivity index (χ1n) is 6.78. The Morgan fingerprint density at radius 1 is 1.42 bits per heavy atom. The molecule has 1 aromatic heterocycles. The number of nitrogens with one attached hydrogen (secondary N) is 1. The highest BCUT2D eigenvalue weighted by Gasteiger charge is 2.16. The van der Waals surface area contributed by atoms with Gasteiger partial charge in [0, 0.05) is 6.54 Å². The molecular weight excluding hydrogens is 256 g/mol. The van der Waals surface area contributed by atoms with E-state index in [1.807, 2.05) is 5.51 Å². The summed E-state index contributed by atoms with van der Waals surface area (Å²) in [5.41, 5.74) is 10.8. The Balaban J connectivity index is 1.66. The minimum atomic E-state index is 0.752. The van der Waals surface area contributed by atoms with Gasteiger partial charge < -0.3 is 16.0 Å². The number of fused-ring (bicyclic) bond motifs is 1. The molecule has 2 heterocycles. The lowest BCUT2D eigenvalue weighted by Gasteiger charge is -2.29. The fourth-order valence-electron chi connectivity index (χ4n) is 2.63. The van der Waals surface area contributed by atoms with Crippen LogP contribution < -0.4 is 11.1 Å². The number of nitrogen functional groups attached to an aromatic ring is 1. The Hall–Kier alpha value is -1.33. The summed E-state index contributed by atoms with van der Waals surface area (Å²) in [6.45, 7) is 3.41. The van der Waals surface area contributed by atoms with Crippen molar-refractivity contribution >= 4 is 32.9 Å². The van der Waals surface area contributed by atoms with Crippen LogP contribution in [0.2, 0.25) is 0 Å². The van der Waals surface area contributed by atoms with E-state index in [1.54, 1.807) is 11.3 Å². The van der Waals surface area contributed by atoms with Gasteiger partial charge in [0.05, 0.1) is 21.6 Å². The molecule has 0 bridgehead atoms. The molecule has 0 aliphatic carbocycles. The molecule has 3 N–H and O–H groups in total. The molecule has 4 nitrogen and oxygen atoms in total. The van der Waals surface area contributed by atoms with Crippen molar-refractivity contribution in [3.8, 4) is 0 Å². The Labute approximate surface area is 117 Å². The van der Waals surface area contributed by atoms with Gasteiger partial charge in [-0.2, -0.15) is 0 Å². The summed E-state index contributed by atoms with van der Waals surface area (Å²) in [5.74, 6) is 0.752. The molecule has 0 atom stereocenters. The van der Waals surface area contributed by atoms with E-state index in [9.17, 15) is 0 Å².